The van der Waals surface area contributed by atoms with Gasteiger partial charge < -0.3 is 14.9 Å². The van der Waals surface area contributed by atoms with E-state index < -0.39 is 0 Å². The third kappa shape index (κ3) is 3.42. The van der Waals surface area contributed by atoms with Crippen LogP contribution in [0.5, 0.6) is 5.75 Å². The van der Waals surface area contributed by atoms with E-state index >= 15 is 0 Å². The maximum atomic E-state index is 12.5. The van der Waals surface area contributed by atoms with Crippen LogP contribution in [0.3, 0.4) is 0 Å². The molecule has 3 heterocycles. The molecule has 0 radical (unpaired) electrons. The first-order valence-corrected chi connectivity index (χ1v) is 9.06. The Morgan fingerprint density at radius 1 is 1.15 bits per heavy atom. The van der Waals surface area contributed by atoms with Gasteiger partial charge in [-0.05, 0) is 18.1 Å². The smallest absolute Gasteiger partial charge is 0.223 e. The molecule has 1 N–H and O–H groups in total. The number of para-hydroxylation sites is 1. The molecule has 0 aliphatic carbocycles. The largest absolute Gasteiger partial charge is 0.508 e. The van der Waals surface area contributed by atoms with Crippen molar-refractivity contribution in [2.45, 2.75) is 12.8 Å². The number of aromatic hydroxyl groups is 1. The van der Waals surface area contributed by atoms with E-state index in [4.69, 9.17) is 0 Å². The maximum Gasteiger partial charge on any atom is 0.223 e. The van der Waals surface area contributed by atoms with Crippen molar-refractivity contribution in [2.75, 3.05) is 31.1 Å². The van der Waals surface area contributed by atoms with E-state index in [1.54, 1.807) is 29.3 Å². The zero-order valence-electron chi connectivity index (χ0n) is 15.2. The first kappa shape index (κ1) is 17.3. The molecule has 1 aliphatic rings. The minimum Gasteiger partial charge on any atom is -0.508 e. The van der Waals surface area contributed by atoms with Crippen LogP contribution in [-0.2, 0) is 18.3 Å². The number of amides is 1. The summed E-state index contributed by atoms with van der Waals surface area (Å²) < 4.78 is 1.74. The fraction of sp³-hybridized carbons (Fsp3) is 0.368. The predicted molar refractivity (Wildman–Crippen MR) is 102 cm³/mol. The first-order chi connectivity index (χ1) is 13.1. The summed E-state index contributed by atoms with van der Waals surface area (Å²) in [5.74, 6) is 1.24. The minimum absolute atomic E-state index is 0.118. The fourth-order valence-corrected chi connectivity index (χ4v) is 3.49. The molecule has 8 heteroatoms. The van der Waals surface area contributed by atoms with Gasteiger partial charge in [0.05, 0.1) is 11.6 Å². The van der Waals surface area contributed by atoms with Gasteiger partial charge in [0.2, 0.25) is 5.91 Å². The Morgan fingerprint density at radius 2 is 1.93 bits per heavy atom. The molecule has 2 aromatic heterocycles. The molecule has 3 aromatic rings. The first-order valence-electron chi connectivity index (χ1n) is 9.06. The Kier molecular flexibility index (Phi) is 4.62. The normalized spacial score (nSPS) is 14.7. The summed E-state index contributed by atoms with van der Waals surface area (Å²) in [6, 6.07) is 7.17. The average Bonchev–Trinajstić information content (AvgIpc) is 3.08. The van der Waals surface area contributed by atoms with E-state index in [0.717, 1.165) is 35.5 Å². The van der Waals surface area contributed by atoms with Crippen LogP contribution >= 0.6 is 0 Å². The van der Waals surface area contributed by atoms with Gasteiger partial charge in [-0.1, -0.05) is 18.2 Å². The fourth-order valence-electron chi connectivity index (χ4n) is 3.49. The lowest BCUT2D eigenvalue weighted by molar-refractivity contribution is -0.131. The van der Waals surface area contributed by atoms with Crippen LogP contribution < -0.4 is 4.90 Å². The van der Waals surface area contributed by atoms with Gasteiger partial charge in [-0.2, -0.15) is 5.10 Å². The number of aryl methyl sites for hydroxylation is 2. The number of benzene rings is 1. The number of piperazine rings is 1. The van der Waals surface area contributed by atoms with Crippen molar-refractivity contribution < 1.29 is 9.90 Å². The van der Waals surface area contributed by atoms with E-state index in [1.165, 1.54) is 0 Å². The number of carbonyl (C=O) groups excluding carboxylic acids is 1. The maximum absolute atomic E-state index is 12.5. The Morgan fingerprint density at radius 3 is 2.70 bits per heavy atom. The summed E-state index contributed by atoms with van der Waals surface area (Å²) in [6.07, 6.45) is 4.30. The number of hydrogen-bond donors (Lipinski definition) is 1. The molecule has 0 spiro atoms. The van der Waals surface area contributed by atoms with Crippen LogP contribution in [0.1, 0.15) is 12.0 Å². The molecule has 1 aromatic carbocycles. The zero-order chi connectivity index (χ0) is 18.8. The number of phenolic OH excluding ortho intramolecular Hbond substituents is 1. The second-order valence-corrected chi connectivity index (χ2v) is 6.70. The van der Waals surface area contributed by atoms with Crippen LogP contribution in [0.2, 0.25) is 0 Å². The molecule has 0 atom stereocenters. The third-order valence-corrected chi connectivity index (χ3v) is 5.04. The van der Waals surface area contributed by atoms with E-state index in [1.807, 2.05) is 24.1 Å². The Balaban J connectivity index is 1.37. The molecule has 4 rings (SSSR count). The molecule has 1 fully saturated rings. The van der Waals surface area contributed by atoms with Gasteiger partial charge in [0.15, 0.2) is 5.65 Å². The number of nitrogens with zero attached hydrogens (tertiary/aromatic N) is 6. The number of fused-ring (bicyclic) bond motifs is 1. The highest BCUT2D eigenvalue weighted by molar-refractivity contribution is 5.86. The summed E-state index contributed by atoms with van der Waals surface area (Å²) in [6.45, 7) is 2.77. The monoisotopic (exact) mass is 366 g/mol. The van der Waals surface area contributed by atoms with Crippen LogP contribution in [0.25, 0.3) is 11.0 Å². The molecular weight excluding hydrogens is 344 g/mol. The van der Waals surface area contributed by atoms with E-state index in [0.29, 0.717) is 25.9 Å². The summed E-state index contributed by atoms with van der Waals surface area (Å²) in [5.41, 5.74) is 1.62. The predicted octanol–water partition coefficient (Wildman–Crippen LogP) is 1.35. The molecule has 8 nitrogen and oxygen atoms in total. The van der Waals surface area contributed by atoms with Crippen LogP contribution in [-0.4, -0.2) is 61.8 Å². The zero-order valence-corrected chi connectivity index (χ0v) is 15.2. The number of hydrogen-bond acceptors (Lipinski definition) is 6. The number of carbonyl (C=O) groups is 1. The van der Waals surface area contributed by atoms with Gasteiger partial charge in [-0.3, -0.25) is 9.48 Å². The lowest BCUT2D eigenvalue weighted by atomic mass is 10.1. The van der Waals surface area contributed by atoms with Crippen LogP contribution in [0.4, 0.5) is 5.82 Å². The van der Waals surface area contributed by atoms with E-state index in [-0.39, 0.29) is 11.7 Å². The number of rotatable bonds is 4. The Hall–Kier alpha value is -3.16. The summed E-state index contributed by atoms with van der Waals surface area (Å²) in [4.78, 5) is 25.3. The molecule has 140 valence electrons. The highest BCUT2D eigenvalue weighted by Gasteiger charge is 2.23. The SMILES string of the molecule is Cn1ncc2c(N3CCN(C(=O)CCc4ccccc4O)CC3)ncnc21. The minimum atomic E-state index is 0.118. The summed E-state index contributed by atoms with van der Waals surface area (Å²) in [5, 5.41) is 15.0. The molecule has 0 saturated carbocycles. The van der Waals surface area contributed by atoms with Crippen molar-refractivity contribution in [3.05, 3.63) is 42.4 Å². The van der Waals surface area contributed by atoms with Gasteiger partial charge >= 0.3 is 0 Å². The van der Waals surface area contributed by atoms with Crippen molar-refractivity contribution in [3.8, 4) is 5.75 Å². The van der Waals surface area contributed by atoms with Gasteiger partial charge in [-0.25, -0.2) is 9.97 Å². The molecule has 1 saturated heterocycles. The summed E-state index contributed by atoms with van der Waals surface area (Å²) >= 11 is 0. The Bertz CT molecular complexity index is 962. The molecule has 0 unspecified atom stereocenters. The molecule has 1 aliphatic heterocycles. The Labute approximate surface area is 157 Å². The van der Waals surface area contributed by atoms with Crippen LogP contribution in [0.15, 0.2) is 36.8 Å². The topological polar surface area (TPSA) is 87.4 Å². The van der Waals surface area contributed by atoms with Crippen molar-refractivity contribution in [3.63, 3.8) is 0 Å². The highest BCUT2D eigenvalue weighted by atomic mass is 16.3. The molecule has 0 bridgehead atoms. The lowest BCUT2D eigenvalue weighted by Crippen LogP contribution is -2.49. The van der Waals surface area contributed by atoms with Crippen molar-refractivity contribution in [1.82, 2.24) is 24.6 Å². The van der Waals surface area contributed by atoms with Gasteiger partial charge in [-0.15, -0.1) is 0 Å². The van der Waals surface area contributed by atoms with Gasteiger partial charge in [0.25, 0.3) is 0 Å². The summed E-state index contributed by atoms with van der Waals surface area (Å²) in [7, 11) is 1.86. The quantitative estimate of drug-likeness (QED) is 0.750. The van der Waals surface area contributed by atoms with Gasteiger partial charge in [0, 0.05) is 39.6 Å². The molecule has 1 amide bonds. The highest BCUT2D eigenvalue weighted by Crippen LogP contribution is 2.23. The third-order valence-electron chi connectivity index (χ3n) is 5.04. The number of anilines is 1. The van der Waals surface area contributed by atoms with E-state index in [9.17, 15) is 9.90 Å². The molecule has 27 heavy (non-hydrogen) atoms. The average molecular weight is 366 g/mol. The van der Waals surface area contributed by atoms with Crippen molar-refractivity contribution in [2.24, 2.45) is 7.05 Å². The second kappa shape index (κ2) is 7.22. The van der Waals surface area contributed by atoms with Crippen molar-refractivity contribution >= 4 is 22.8 Å². The lowest BCUT2D eigenvalue weighted by Gasteiger charge is -2.35. The molecular formula is C19H22N6O2. The van der Waals surface area contributed by atoms with Gasteiger partial charge in [0.1, 0.15) is 17.9 Å². The second-order valence-electron chi connectivity index (χ2n) is 6.70. The van der Waals surface area contributed by atoms with Crippen molar-refractivity contribution in [1.29, 1.82) is 0 Å². The van der Waals surface area contributed by atoms with Crippen LogP contribution in [0, 0.1) is 0 Å². The number of aromatic nitrogens is 4. The standard InChI is InChI=1S/C19H22N6O2/c1-23-18-15(12-22-23)19(21-13-20-18)25-10-8-24(9-11-25)17(27)7-6-14-4-2-3-5-16(14)26/h2-5,12-13,26H,6-11H2,1H3. The van der Waals surface area contributed by atoms with E-state index in [2.05, 4.69) is 20.0 Å². The number of phenols is 1.